The molecule has 4 N–H and O–H groups in total. The summed E-state index contributed by atoms with van der Waals surface area (Å²) >= 11 is 0. The van der Waals surface area contributed by atoms with Crippen molar-refractivity contribution in [1.82, 2.24) is 16.0 Å². The van der Waals surface area contributed by atoms with Crippen LogP contribution in [-0.2, 0) is 16.0 Å². The average Bonchev–Trinajstić information content (AvgIpc) is 2.73. The zero-order valence-corrected chi connectivity index (χ0v) is 19.1. The van der Waals surface area contributed by atoms with Crippen molar-refractivity contribution in [1.29, 1.82) is 0 Å². The van der Waals surface area contributed by atoms with Crippen LogP contribution in [0.3, 0.4) is 0 Å². The molecule has 0 spiro atoms. The van der Waals surface area contributed by atoms with Crippen LogP contribution < -0.4 is 20.6 Å². The molecule has 0 radical (unpaired) electrons. The minimum Gasteiger partial charge on any atom is -0.534 e. The molecule has 3 aliphatic rings. The van der Waals surface area contributed by atoms with E-state index < -0.39 is 13.1 Å². The normalized spacial score (nSPS) is 25.4. The number of rotatable bonds is 9. The van der Waals surface area contributed by atoms with Gasteiger partial charge in [-0.25, -0.2) is 0 Å². The minimum atomic E-state index is -1.05. The first-order valence-corrected chi connectivity index (χ1v) is 12.0. The van der Waals surface area contributed by atoms with Crippen molar-refractivity contribution >= 4 is 18.6 Å². The molecule has 1 saturated heterocycles. The lowest BCUT2D eigenvalue weighted by atomic mass is 9.72. The molecular weight excluding hydrogens is 405 g/mol. The number of ether oxygens (including phenoxy) is 1. The van der Waals surface area contributed by atoms with E-state index in [1.807, 2.05) is 25.1 Å². The Labute approximate surface area is 191 Å². The quantitative estimate of drug-likeness (QED) is 0.345. The van der Waals surface area contributed by atoms with E-state index >= 15 is 0 Å². The Morgan fingerprint density at radius 1 is 1.16 bits per heavy atom. The summed E-state index contributed by atoms with van der Waals surface area (Å²) in [6.45, 7) is 9.52. The van der Waals surface area contributed by atoms with Crippen molar-refractivity contribution in [2.24, 2.45) is 5.92 Å². The zero-order chi connectivity index (χ0) is 22.5. The molecule has 4 rings (SSSR count). The van der Waals surface area contributed by atoms with Crippen LogP contribution in [0.2, 0.25) is 0 Å². The van der Waals surface area contributed by atoms with Crippen LogP contribution in [0.5, 0.6) is 5.75 Å². The molecule has 2 heterocycles. The topological polar surface area (TPSA) is 91.9 Å². The molecule has 1 aliphatic carbocycles. The largest absolute Gasteiger partial charge is 0.547 e. The fraction of sp³-hybridized carbons (Fsp3) is 0.625. The van der Waals surface area contributed by atoms with Crippen LogP contribution in [-0.4, -0.2) is 62.4 Å². The Balaban J connectivity index is 1.17. The standard InChI is InChI=1S/C24H36BN3O4/c1-16(2)21-5-3-4-18-13-22(25(30)32-24(18)21)28-23(29)12-17-6-8-19(9-7-17)26-10-11-27-20-14-31-15-20/h3-5,17,19-20,22,26-27,30H,1,6-15H2,2H3,(H,28,29)/t17-,19-,22-/m0/s1. The number of hydrogen-bond acceptors (Lipinski definition) is 6. The smallest absolute Gasteiger partial charge is 0.534 e. The van der Waals surface area contributed by atoms with Crippen LogP contribution >= 0.6 is 0 Å². The third-order valence-electron chi connectivity index (χ3n) is 6.88. The SMILES string of the molecule is C=C(C)c1cccc2c1OB(O)[C@@H](NC(=O)C[C@H]1CC[C@H](NCCNC3COC3)CC1)C2. The van der Waals surface area contributed by atoms with Crippen molar-refractivity contribution in [2.45, 2.75) is 63.5 Å². The number of hydrogen-bond donors (Lipinski definition) is 4. The molecule has 7 nitrogen and oxygen atoms in total. The molecule has 2 fully saturated rings. The van der Waals surface area contributed by atoms with Gasteiger partial charge in [-0.3, -0.25) is 4.79 Å². The van der Waals surface area contributed by atoms with Gasteiger partial charge in [0.15, 0.2) is 0 Å². The molecule has 0 aromatic heterocycles. The highest BCUT2D eigenvalue weighted by Crippen LogP contribution is 2.33. The summed E-state index contributed by atoms with van der Waals surface area (Å²) in [6, 6.07) is 6.96. The molecule has 174 valence electrons. The van der Waals surface area contributed by atoms with Gasteiger partial charge in [-0.1, -0.05) is 24.8 Å². The maximum absolute atomic E-state index is 12.7. The van der Waals surface area contributed by atoms with Gasteiger partial charge in [0, 0.05) is 31.1 Å². The van der Waals surface area contributed by atoms with Gasteiger partial charge in [0.2, 0.25) is 5.91 Å². The summed E-state index contributed by atoms with van der Waals surface area (Å²) in [7, 11) is -1.05. The molecule has 1 aromatic rings. The van der Waals surface area contributed by atoms with Crippen LogP contribution in [0.15, 0.2) is 24.8 Å². The van der Waals surface area contributed by atoms with E-state index in [9.17, 15) is 9.82 Å². The fourth-order valence-electron chi connectivity index (χ4n) is 4.89. The highest BCUT2D eigenvalue weighted by Gasteiger charge is 2.37. The first-order chi connectivity index (χ1) is 15.5. The summed E-state index contributed by atoms with van der Waals surface area (Å²) in [5.41, 5.74) is 2.79. The van der Waals surface area contributed by atoms with Crippen LogP contribution in [0.1, 0.15) is 50.2 Å². The lowest BCUT2D eigenvalue weighted by molar-refractivity contribution is -0.122. The van der Waals surface area contributed by atoms with E-state index in [4.69, 9.17) is 9.39 Å². The summed E-state index contributed by atoms with van der Waals surface area (Å²) < 4.78 is 10.9. The third-order valence-corrected chi connectivity index (χ3v) is 6.88. The van der Waals surface area contributed by atoms with Gasteiger partial charge in [-0.15, -0.1) is 0 Å². The minimum absolute atomic E-state index is 0.000447. The molecule has 1 aromatic carbocycles. The molecular formula is C24H36BN3O4. The van der Waals surface area contributed by atoms with E-state index in [2.05, 4.69) is 22.5 Å². The second kappa shape index (κ2) is 10.8. The molecule has 1 saturated carbocycles. The van der Waals surface area contributed by atoms with E-state index in [1.165, 1.54) is 0 Å². The molecule has 1 amide bonds. The monoisotopic (exact) mass is 441 g/mol. The van der Waals surface area contributed by atoms with Gasteiger partial charge >= 0.3 is 7.12 Å². The lowest BCUT2D eigenvalue weighted by Crippen LogP contribution is -2.53. The Hall–Kier alpha value is -1.87. The van der Waals surface area contributed by atoms with Gasteiger partial charge in [0.05, 0.1) is 25.2 Å². The highest BCUT2D eigenvalue weighted by atomic mass is 16.5. The Morgan fingerprint density at radius 2 is 1.88 bits per heavy atom. The second-order valence-corrected chi connectivity index (χ2v) is 9.53. The molecule has 0 bridgehead atoms. The summed E-state index contributed by atoms with van der Waals surface area (Å²) in [4.78, 5) is 12.7. The van der Waals surface area contributed by atoms with Crippen LogP contribution in [0.25, 0.3) is 5.57 Å². The van der Waals surface area contributed by atoms with Gasteiger partial charge in [-0.2, -0.15) is 0 Å². The van der Waals surface area contributed by atoms with Crippen molar-refractivity contribution in [3.8, 4) is 5.75 Å². The number of allylic oxidation sites excluding steroid dienone is 1. The number of para-hydroxylation sites is 1. The number of carbonyl (C=O) groups is 1. The van der Waals surface area contributed by atoms with E-state index in [0.717, 1.165) is 68.7 Å². The van der Waals surface area contributed by atoms with Crippen LogP contribution in [0, 0.1) is 5.92 Å². The van der Waals surface area contributed by atoms with Gasteiger partial charge in [-0.05, 0) is 56.1 Å². The first kappa shape index (κ1) is 23.3. The number of amides is 1. The van der Waals surface area contributed by atoms with E-state index in [-0.39, 0.29) is 5.91 Å². The predicted octanol–water partition coefficient (Wildman–Crippen LogP) is 1.69. The summed E-state index contributed by atoms with van der Waals surface area (Å²) in [5, 5.41) is 20.6. The van der Waals surface area contributed by atoms with Gasteiger partial charge in [0.1, 0.15) is 5.75 Å². The number of carbonyl (C=O) groups excluding carboxylic acids is 1. The number of nitrogens with one attached hydrogen (secondary N) is 3. The van der Waals surface area contributed by atoms with Crippen molar-refractivity contribution in [3.63, 3.8) is 0 Å². The Bertz CT molecular complexity index is 808. The van der Waals surface area contributed by atoms with Crippen molar-refractivity contribution in [3.05, 3.63) is 35.9 Å². The average molecular weight is 441 g/mol. The molecule has 2 aliphatic heterocycles. The van der Waals surface area contributed by atoms with Gasteiger partial charge in [0.25, 0.3) is 0 Å². The Kier molecular flexibility index (Phi) is 7.89. The summed E-state index contributed by atoms with van der Waals surface area (Å²) in [5.74, 6) is 0.657. The van der Waals surface area contributed by atoms with Gasteiger partial charge < -0.3 is 30.4 Å². The summed E-state index contributed by atoms with van der Waals surface area (Å²) in [6.07, 6.45) is 5.40. The fourth-order valence-corrected chi connectivity index (χ4v) is 4.89. The predicted molar refractivity (Wildman–Crippen MR) is 126 cm³/mol. The highest BCUT2D eigenvalue weighted by molar-refractivity contribution is 6.46. The molecule has 1 atom stereocenters. The second-order valence-electron chi connectivity index (χ2n) is 9.53. The molecule has 0 unspecified atom stereocenters. The van der Waals surface area contributed by atoms with Crippen molar-refractivity contribution < 1.29 is 19.2 Å². The molecule has 8 heteroatoms. The number of fused-ring (bicyclic) bond motifs is 1. The Morgan fingerprint density at radius 3 is 2.53 bits per heavy atom. The van der Waals surface area contributed by atoms with E-state index in [1.54, 1.807) is 0 Å². The van der Waals surface area contributed by atoms with Crippen LogP contribution in [0.4, 0.5) is 0 Å². The zero-order valence-electron chi connectivity index (χ0n) is 19.1. The van der Waals surface area contributed by atoms with Crippen molar-refractivity contribution in [2.75, 3.05) is 26.3 Å². The first-order valence-electron chi connectivity index (χ1n) is 12.0. The third kappa shape index (κ3) is 5.92. The maximum atomic E-state index is 12.7. The van der Waals surface area contributed by atoms with E-state index in [0.29, 0.717) is 36.6 Å². The maximum Gasteiger partial charge on any atom is 0.547 e. The lowest BCUT2D eigenvalue weighted by Gasteiger charge is -2.32. The molecule has 32 heavy (non-hydrogen) atoms. The number of benzene rings is 1.